The summed E-state index contributed by atoms with van der Waals surface area (Å²) < 4.78 is 7.44. The number of rotatable bonds is 3. The summed E-state index contributed by atoms with van der Waals surface area (Å²) in [6.45, 7) is 6.63. The molecule has 10 heteroatoms. The van der Waals surface area contributed by atoms with E-state index in [2.05, 4.69) is 10.1 Å². The van der Waals surface area contributed by atoms with Crippen LogP contribution in [0.25, 0.3) is 0 Å². The van der Waals surface area contributed by atoms with E-state index in [4.69, 9.17) is 14.6 Å². The Morgan fingerprint density at radius 1 is 1.21 bits per heavy atom. The molecule has 1 aromatic heterocycles. The van der Waals surface area contributed by atoms with Crippen molar-refractivity contribution >= 4 is 18.3 Å². The first kappa shape index (κ1) is 21.2. The molecule has 0 aromatic carbocycles. The molecular weight excluding hydrogens is 378 g/mol. The van der Waals surface area contributed by atoms with Gasteiger partial charge < -0.3 is 19.6 Å². The van der Waals surface area contributed by atoms with Gasteiger partial charge in [0, 0.05) is 31.5 Å². The molecule has 0 radical (unpaired) electrons. The second-order valence-electron chi connectivity index (χ2n) is 7.94. The summed E-state index contributed by atoms with van der Waals surface area (Å²) in [5.74, 6) is 2.08. The van der Waals surface area contributed by atoms with Crippen molar-refractivity contribution in [3.8, 4) is 0 Å². The molecule has 4 rings (SSSR count). The predicted molar refractivity (Wildman–Crippen MR) is 102 cm³/mol. The molecule has 29 heavy (non-hydrogen) atoms. The fourth-order valence-electron chi connectivity index (χ4n) is 4.17. The summed E-state index contributed by atoms with van der Waals surface area (Å²) in [5.41, 5.74) is 0. The number of hydrogen-bond acceptors (Lipinski definition) is 6. The summed E-state index contributed by atoms with van der Waals surface area (Å²) in [5, 5.41) is 11.2. The molecule has 2 atom stereocenters. The van der Waals surface area contributed by atoms with Crippen LogP contribution in [0.2, 0.25) is 0 Å². The van der Waals surface area contributed by atoms with Crippen LogP contribution in [0.4, 0.5) is 0 Å². The molecule has 3 heterocycles. The van der Waals surface area contributed by atoms with E-state index in [1.165, 1.54) is 0 Å². The zero-order valence-corrected chi connectivity index (χ0v) is 17.0. The fourth-order valence-corrected chi connectivity index (χ4v) is 4.17. The van der Waals surface area contributed by atoms with Gasteiger partial charge in [0.2, 0.25) is 11.8 Å². The highest BCUT2D eigenvalue weighted by Crippen LogP contribution is 2.30. The van der Waals surface area contributed by atoms with Crippen LogP contribution < -0.4 is 0 Å². The van der Waals surface area contributed by atoms with Gasteiger partial charge in [-0.2, -0.15) is 5.10 Å². The summed E-state index contributed by atoms with van der Waals surface area (Å²) >= 11 is 0. The van der Waals surface area contributed by atoms with Crippen molar-refractivity contribution in [1.29, 1.82) is 0 Å². The largest absolute Gasteiger partial charge is 0.483 e. The number of carboxylic acid groups (broad SMARTS) is 1. The molecule has 2 aliphatic heterocycles. The molecular formula is C19H29N5O5. The smallest absolute Gasteiger partial charge is 0.290 e. The van der Waals surface area contributed by atoms with Crippen LogP contribution in [0.1, 0.15) is 30.9 Å². The highest BCUT2D eigenvalue weighted by molar-refractivity contribution is 5.80. The number of carbonyl (C=O) groups excluding carboxylic acids is 2. The Kier molecular flexibility index (Phi) is 6.83. The van der Waals surface area contributed by atoms with Gasteiger partial charge >= 0.3 is 0 Å². The molecule has 0 unspecified atom stereocenters. The maximum atomic E-state index is 13.0. The lowest BCUT2D eigenvalue weighted by Gasteiger charge is -2.35. The number of fused-ring (bicyclic) bond motifs is 3. The zero-order chi connectivity index (χ0) is 21.0. The Balaban J connectivity index is 0.000000755. The van der Waals surface area contributed by atoms with Crippen molar-refractivity contribution in [2.24, 2.45) is 11.8 Å². The quantitative estimate of drug-likeness (QED) is 0.705. The lowest BCUT2D eigenvalue weighted by molar-refractivity contribution is -0.142. The van der Waals surface area contributed by atoms with Gasteiger partial charge in [-0.3, -0.25) is 14.4 Å². The number of amides is 2. The Morgan fingerprint density at radius 3 is 2.52 bits per heavy atom. The van der Waals surface area contributed by atoms with Gasteiger partial charge in [0.15, 0.2) is 0 Å². The predicted octanol–water partition coefficient (Wildman–Crippen LogP) is 0.0816. The number of hydrogen-bond donors (Lipinski definition) is 1. The SMILES string of the molecule is Cc1nc(C)n(CC(=O)N2C[C@H]3COC[C@@H]2CN(C(=O)C2CCC2)C3)n1.O=CO. The Morgan fingerprint density at radius 2 is 1.93 bits per heavy atom. The van der Waals surface area contributed by atoms with Crippen LogP contribution in [-0.4, -0.2) is 86.8 Å². The van der Waals surface area contributed by atoms with Crippen molar-refractivity contribution in [2.75, 3.05) is 32.8 Å². The summed E-state index contributed by atoms with van der Waals surface area (Å²) in [6.07, 6.45) is 3.17. The van der Waals surface area contributed by atoms with Gasteiger partial charge in [0.25, 0.3) is 6.47 Å². The standard InChI is InChI=1S/C18H27N5O3.CH2O2/c1-12-19-13(2)23(20-12)9-17(24)22-7-14-6-21(8-16(22)11-26-10-14)18(25)15-4-3-5-15;2-1-3/h14-16H,3-11H2,1-2H3;1H,(H,2,3)/t14-,16-;/m0./s1. The van der Waals surface area contributed by atoms with Gasteiger partial charge in [0.05, 0.1) is 19.3 Å². The fraction of sp³-hybridized carbons (Fsp3) is 0.737. The van der Waals surface area contributed by atoms with E-state index in [-0.39, 0.29) is 42.7 Å². The minimum atomic E-state index is -0.250. The van der Waals surface area contributed by atoms with Crippen molar-refractivity contribution in [3.05, 3.63) is 11.6 Å². The zero-order valence-electron chi connectivity index (χ0n) is 17.0. The van der Waals surface area contributed by atoms with Gasteiger partial charge in [0.1, 0.15) is 18.2 Å². The van der Waals surface area contributed by atoms with Crippen LogP contribution in [0.5, 0.6) is 0 Å². The van der Waals surface area contributed by atoms with E-state index in [9.17, 15) is 9.59 Å². The number of carbonyl (C=O) groups is 3. The molecule has 1 aromatic rings. The van der Waals surface area contributed by atoms with Gasteiger partial charge in [-0.05, 0) is 26.7 Å². The number of ether oxygens (including phenoxy) is 1. The van der Waals surface area contributed by atoms with E-state index in [1.54, 1.807) is 4.68 Å². The maximum absolute atomic E-state index is 13.0. The molecule has 0 spiro atoms. The monoisotopic (exact) mass is 407 g/mol. The highest BCUT2D eigenvalue weighted by atomic mass is 16.5. The molecule has 1 aliphatic carbocycles. The van der Waals surface area contributed by atoms with Crippen LogP contribution in [-0.2, 0) is 25.7 Å². The second-order valence-corrected chi connectivity index (χ2v) is 7.94. The molecule has 2 saturated heterocycles. The van der Waals surface area contributed by atoms with Crippen molar-refractivity contribution in [1.82, 2.24) is 24.6 Å². The van der Waals surface area contributed by atoms with Gasteiger partial charge in [-0.15, -0.1) is 0 Å². The second kappa shape index (κ2) is 9.34. The molecule has 160 valence electrons. The minimum absolute atomic E-state index is 0.0245. The molecule has 1 N–H and O–H groups in total. The summed E-state index contributed by atoms with van der Waals surface area (Å²) in [4.78, 5) is 42.2. The third-order valence-electron chi connectivity index (χ3n) is 5.80. The first-order valence-corrected chi connectivity index (χ1v) is 10.0. The van der Waals surface area contributed by atoms with E-state index in [1.807, 2.05) is 23.6 Å². The molecule has 2 bridgehead atoms. The van der Waals surface area contributed by atoms with Crippen LogP contribution in [0.3, 0.4) is 0 Å². The summed E-state index contributed by atoms with van der Waals surface area (Å²) in [7, 11) is 0. The minimum Gasteiger partial charge on any atom is -0.483 e. The van der Waals surface area contributed by atoms with E-state index in [0.717, 1.165) is 25.1 Å². The van der Waals surface area contributed by atoms with Crippen molar-refractivity contribution < 1.29 is 24.2 Å². The summed E-state index contributed by atoms with van der Waals surface area (Å²) in [6, 6.07) is -0.0797. The van der Waals surface area contributed by atoms with Crippen molar-refractivity contribution in [2.45, 2.75) is 45.7 Å². The Bertz CT molecular complexity index is 747. The lowest BCUT2D eigenvalue weighted by atomic mass is 9.84. The Hall–Kier alpha value is -2.49. The van der Waals surface area contributed by atoms with E-state index in [0.29, 0.717) is 38.7 Å². The molecule has 3 aliphatic rings. The van der Waals surface area contributed by atoms with Crippen LogP contribution >= 0.6 is 0 Å². The number of nitrogens with zero attached hydrogens (tertiary/aromatic N) is 5. The lowest BCUT2D eigenvalue weighted by Crippen LogP contribution is -2.50. The van der Waals surface area contributed by atoms with Gasteiger partial charge in [-0.25, -0.2) is 9.67 Å². The maximum Gasteiger partial charge on any atom is 0.290 e. The number of aromatic nitrogens is 3. The van der Waals surface area contributed by atoms with E-state index >= 15 is 0 Å². The third kappa shape index (κ3) is 4.92. The average Bonchev–Trinajstić information content (AvgIpc) is 2.77. The van der Waals surface area contributed by atoms with Crippen LogP contribution in [0.15, 0.2) is 0 Å². The number of aryl methyl sites for hydroxylation is 2. The first-order chi connectivity index (χ1) is 13.9. The van der Waals surface area contributed by atoms with Gasteiger partial charge in [-0.1, -0.05) is 6.42 Å². The van der Waals surface area contributed by atoms with E-state index < -0.39 is 0 Å². The molecule has 1 saturated carbocycles. The average molecular weight is 407 g/mol. The van der Waals surface area contributed by atoms with Crippen LogP contribution in [0, 0.1) is 25.7 Å². The van der Waals surface area contributed by atoms with Crippen molar-refractivity contribution in [3.63, 3.8) is 0 Å². The molecule has 2 amide bonds. The first-order valence-electron chi connectivity index (χ1n) is 10.0. The molecule has 10 nitrogen and oxygen atoms in total. The topological polar surface area (TPSA) is 118 Å². The Labute approximate surface area is 169 Å². The normalized spacial score (nSPS) is 24.1. The highest BCUT2D eigenvalue weighted by Gasteiger charge is 2.39. The molecule has 3 fully saturated rings. The third-order valence-corrected chi connectivity index (χ3v) is 5.80.